The molecule has 0 amide bonds. The Morgan fingerprint density at radius 1 is 1.17 bits per heavy atom. The Kier molecular flexibility index (Phi) is 4.04. The van der Waals surface area contributed by atoms with E-state index in [4.69, 9.17) is 9.47 Å². The number of rotatable bonds is 4. The summed E-state index contributed by atoms with van der Waals surface area (Å²) in [6.45, 7) is 1.41. The average Bonchev–Trinajstić information content (AvgIpc) is 3.07. The minimum Gasteiger partial charge on any atom is -0.481 e. The van der Waals surface area contributed by atoms with Crippen LogP contribution < -0.4 is 10.1 Å². The first-order valence-corrected chi connectivity index (χ1v) is 8.71. The summed E-state index contributed by atoms with van der Waals surface area (Å²) in [5.41, 5.74) is 2.44. The fourth-order valence-electron chi connectivity index (χ4n) is 3.13. The molecule has 1 aliphatic rings. The molecule has 3 aromatic rings. The smallest absolute Gasteiger partial charge is 0.151 e. The Hall–Kier alpha value is -1.88. The van der Waals surface area contributed by atoms with Crippen molar-refractivity contribution in [2.75, 3.05) is 13.6 Å². The van der Waals surface area contributed by atoms with Crippen molar-refractivity contribution < 1.29 is 9.47 Å². The SMILES string of the molecule is CNCC1OCc2ccccc2C1Oc1cccc2ccsc12. The lowest BCUT2D eigenvalue weighted by Gasteiger charge is -2.34. The van der Waals surface area contributed by atoms with E-state index in [1.54, 1.807) is 11.3 Å². The molecule has 0 aliphatic carbocycles. The van der Waals surface area contributed by atoms with Gasteiger partial charge in [0.2, 0.25) is 0 Å². The average molecular weight is 325 g/mol. The summed E-state index contributed by atoms with van der Waals surface area (Å²) in [5.74, 6) is 0.934. The second-order valence-corrected chi connectivity index (χ2v) is 6.66. The monoisotopic (exact) mass is 325 g/mol. The Labute approximate surface area is 139 Å². The van der Waals surface area contributed by atoms with Crippen LogP contribution in [0, 0.1) is 0 Å². The molecular formula is C19H19NO2S. The van der Waals surface area contributed by atoms with Gasteiger partial charge < -0.3 is 14.8 Å². The molecule has 0 spiro atoms. The highest BCUT2D eigenvalue weighted by Crippen LogP contribution is 2.37. The third-order valence-electron chi connectivity index (χ3n) is 4.25. The van der Waals surface area contributed by atoms with Crippen molar-refractivity contribution in [3.63, 3.8) is 0 Å². The Morgan fingerprint density at radius 2 is 2.09 bits per heavy atom. The quantitative estimate of drug-likeness (QED) is 0.782. The fraction of sp³-hybridized carbons (Fsp3) is 0.263. The second-order valence-electron chi connectivity index (χ2n) is 5.74. The molecule has 1 N–H and O–H groups in total. The number of nitrogens with one attached hydrogen (secondary N) is 1. The van der Waals surface area contributed by atoms with Crippen LogP contribution in [0.4, 0.5) is 0 Å². The van der Waals surface area contributed by atoms with Gasteiger partial charge in [-0.2, -0.15) is 0 Å². The predicted octanol–water partition coefficient (Wildman–Crippen LogP) is 4.14. The highest BCUT2D eigenvalue weighted by atomic mass is 32.1. The van der Waals surface area contributed by atoms with Gasteiger partial charge in [-0.25, -0.2) is 0 Å². The summed E-state index contributed by atoms with van der Waals surface area (Å²) >= 11 is 1.72. The molecule has 118 valence electrons. The van der Waals surface area contributed by atoms with Crippen molar-refractivity contribution in [1.82, 2.24) is 5.32 Å². The summed E-state index contributed by atoms with van der Waals surface area (Å²) in [6, 6.07) is 16.7. The van der Waals surface area contributed by atoms with Gasteiger partial charge in [0.05, 0.1) is 11.3 Å². The molecule has 2 heterocycles. The van der Waals surface area contributed by atoms with Gasteiger partial charge in [-0.3, -0.25) is 0 Å². The lowest BCUT2D eigenvalue weighted by atomic mass is 9.96. The Morgan fingerprint density at radius 3 is 3.00 bits per heavy atom. The third kappa shape index (κ3) is 2.74. The van der Waals surface area contributed by atoms with Crippen molar-refractivity contribution in [1.29, 1.82) is 0 Å². The Bertz CT molecular complexity index is 814. The standard InChI is InChI=1S/C19H19NO2S/c1-20-11-17-18(15-7-3-2-5-14(15)12-21-17)22-16-8-4-6-13-9-10-23-19(13)16/h2-10,17-18,20H,11-12H2,1H3. The highest BCUT2D eigenvalue weighted by molar-refractivity contribution is 7.17. The molecule has 3 nitrogen and oxygen atoms in total. The normalized spacial score (nSPS) is 20.4. The van der Waals surface area contributed by atoms with Gasteiger partial charge in [-0.1, -0.05) is 36.4 Å². The van der Waals surface area contributed by atoms with E-state index in [-0.39, 0.29) is 12.2 Å². The lowest BCUT2D eigenvalue weighted by molar-refractivity contribution is -0.0491. The molecule has 0 saturated heterocycles. The predicted molar refractivity (Wildman–Crippen MR) is 94.1 cm³/mol. The molecule has 1 aliphatic heterocycles. The van der Waals surface area contributed by atoms with Gasteiger partial charge in [-0.05, 0) is 35.5 Å². The van der Waals surface area contributed by atoms with Gasteiger partial charge in [0.1, 0.15) is 11.9 Å². The maximum absolute atomic E-state index is 6.46. The van der Waals surface area contributed by atoms with E-state index >= 15 is 0 Å². The minimum absolute atomic E-state index is 0.00474. The molecular weight excluding hydrogens is 306 g/mol. The van der Waals surface area contributed by atoms with Crippen molar-refractivity contribution in [2.45, 2.75) is 18.8 Å². The summed E-state index contributed by atoms with van der Waals surface area (Å²) in [6.07, 6.45) is -0.0924. The van der Waals surface area contributed by atoms with Gasteiger partial charge in [-0.15, -0.1) is 11.3 Å². The van der Waals surface area contributed by atoms with Gasteiger partial charge in [0.25, 0.3) is 0 Å². The summed E-state index contributed by atoms with van der Waals surface area (Å²) < 4.78 is 13.7. The van der Waals surface area contributed by atoms with E-state index in [1.807, 2.05) is 19.2 Å². The molecule has 0 bridgehead atoms. The maximum atomic E-state index is 6.46. The number of benzene rings is 2. The molecule has 1 aromatic heterocycles. The molecule has 0 saturated carbocycles. The molecule has 4 heteroatoms. The van der Waals surface area contributed by atoms with Crippen LogP contribution in [0.3, 0.4) is 0 Å². The zero-order valence-corrected chi connectivity index (χ0v) is 13.8. The molecule has 2 atom stereocenters. The number of hydrogen-bond donors (Lipinski definition) is 1. The third-order valence-corrected chi connectivity index (χ3v) is 5.20. The van der Waals surface area contributed by atoms with Crippen LogP contribution in [-0.2, 0) is 11.3 Å². The molecule has 0 radical (unpaired) electrons. The Balaban J connectivity index is 1.73. The first-order chi connectivity index (χ1) is 11.4. The molecule has 2 unspecified atom stereocenters. The maximum Gasteiger partial charge on any atom is 0.151 e. The first kappa shape index (κ1) is 14.7. The topological polar surface area (TPSA) is 30.5 Å². The van der Waals surface area contributed by atoms with E-state index in [2.05, 4.69) is 47.1 Å². The van der Waals surface area contributed by atoms with Crippen molar-refractivity contribution in [3.8, 4) is 5.75 Å². The van der Waals surface area contributed by atoms with E-state index in [0.717, 1.165) is 12.3 Å². The van der Waals surface area contributed by atoms with Gasteiger partial charge in [0.15, 0.2) is 6.10 Å². The first-order valence-electron chi connectivity index (χ1n) is 7.83. The fourth-order valence-corrected chi connectivity index (χ4v) is 3.98. The van der Waals surface area contributed by atoms with Crippen LogP contribution in [0.1, 0.15) is 17.2 Å². The zero-order valence-electron chi connectivity index (χ0n) is 13.0. The van der Waals surface area contributed by atoms with Crippen LogP contribution in [0.25, 0.3) is 10.1 Å². The summed E-state index contributed by atoms with van der Waals surface area (Å²) in [5, 5.41) is 6.54. The minimum atomic E-state index is -0.0971. The van der Waals surface area contributed by atoms with Crippen molar-refractivity contribution in [2.24, 2.45) is 0 Å². The number of fused-ring (bicyclic) bond motifs is 2. The molecule has 4 rings (SSSR count). The van der Waals surface area contributed by atoms with Crippen molar-refractivity contribution >= 4 is 21.4 Å². The van der Waals surface area contributed by atoms with E-state index in [0.29, 0.717) is 6.61 Å². The van der Waals surface area contributed by atoms with Gasteiger partial charge >= 0.3 is 0 Å². The van der Waals surface area contributed by atoms with E-state index < -0.39 is 0 Å². The zero-order chi connectivity index (χ0) is 15.6. The summed E-state index contributed by atoms with van der Waals surface area (Å²) in [4.78, 5) is 0. The number of ether oxygens (including phenoxy) is 2. The number of thiophene rings is 1. The number of hydrogen-bond acceptors (Lipinski definition) is 4. The van der Waals surface area contributed by atoms with Crippen LogP contribution >= 0.6 is 11.3 Å². The molecule has 0 fully saturated rings. The van der Waals surface area contributed by atoms with E-state index in [1.165, 1.54) is 21.2 Å². The van der Waals surface area contributed by atoms with Crippen LogP contribution in [0.2, 0.25) is 0 Å². The van der Waals surface area contributed by atoms with Crippen molar-refractivity contribution in [3.05, 3.63) is 65.0 Å². The highest BCUT2D eigenvalue weighted by Gasteiger charge is 2.32. The number of likely N-dealkylation sites (N-methyl/N-ethyl adjacent to an activating group) is 1. The van der Waals surface area contributed by atoms with Gasteiger partial charge in [0, 0.05) is 12.1 Å². The second kappa shape index (κ2) is 6.32. The van der Waals surface area contributed by atoms with Crippen LogP contribution in [-0.4, -0.2) is 19.7 Å². The summed E-state index contributed by atoms with van der Waals surface area (Å²) in [7, 11) is 1.95. The largest absolute Gasteiger partial charge is 0.481 e. The molecule has 2 aromatic carbocycles. The van der Waals surface area contributed by atoms with Crippen LogP contribution in [0.15, 0.2) is 53.9 Å². The van der Waals surface area contributed by atoms with E-state index in [9.17, 15) is 0 Å². The van der Waals surface area contributed by atoms with Crippen LogP contribution in [0.5, 0.6) is 5.75 Å². The molecule has 23 heavy (non-hydrogen) atoms. The lowest BCUT2D eigenvalue weighted by Crippen LogP contribution is -2.38.